The fourth-order valence-corrected chi connectivity index (χ4v) is 3.00. The van der Waals surface area contributed by atoms with Crippen LogP contribution < -0.4 is 5.32 Å². The van der Waals surface area contributed by atoms with Gasteiger partial charge >= 0.3 is 0 Å². The second-order valence-electron chi connectivity index (χ2n) is 5.52. The van der Waals surface area contributed by atoms with Crippen molar-refractivity contribution in [3.8, 4) is 0 Å². The molecule has 0 saturated carbocycles. The van der Waals surface area contributed by atoms with E-state index < -0.39 is 0 Å². The standard InChI is InChI=1S/C15H27N3O/c1-4-16-15(14-11-18(3)17-12(14)2)9-5-7-13-8-6-10-19-13/h11,13,15-16H,4-10H2,1-3H3. The van der Waals surface area contributed by atoms with Crippen LogP contribution in [0.1, 0.15) is 56.3 Å². The Hall–Kier alpha value is -0.870. The number of rotatable bonds is 7. The Morgan fingerprint density at radius 3 is 3.00 bits per heavy atom. The lowest BCUT2D eigenvalue weighted by Crippen LogP contribution is -2.21. The molecule has 1 aliphatic heterocycles. The van der Waals surface area contributed by atoms with E-state index in [1.54, 1.807) is 0 Å². The summed E-state index contributed by atoms with van der Waals surface area (Å²) >= 11 is 0. The minimum absolute atomic E-state index is 0.431. The highest BCUT2D eigenvalue weighted by Crippen LogP contribution is 2.24. The number of hydrogen-bond acceptors (Lipinski definition) is 3. The number of aryl methyl sites for hydroxylation is 2. The van der Waals surface area contributed by atoms with Crippen LogP contribution in [-0.2, 0) is 11.8 Å². The predicted octanol–water partition coefficient (Wildman–Crippen LogP) is 2.73. The van der Waals surface area contributed by atoms with Crippen molar-refractivity contribution in [1.29, 1.82) is 0 Å². The number of nitrogens with zero attached hydrogens (tertiary/aromatic N) is 2. The molecule has 1 aromatic heterocycles. The fourth-order valence-electron chi connectivity index (χ4n) is 3.00. The SMILES string of the molecule is CCNC(CCCC1CCCO1)c1cn(C)nc1C. The van der Waals surface area contributed by atoms with Crippen molar-refractivity contribution >= 4 is 0 Å². The van der Waals surface area contributed by atoms with Crippen LogP contribution in [0.2, 0.25) is 0 Å². The molecule has 0 bridgehead atoms. The van der Waals surface area contributed by atoms with Gasteiger partial charge in [0.25, 0.3) is 0 Å². The van der Waals surface area contributed by atoms with Crippen molar-refractivity contribution in [3.05, 3.63) is 17.5 Å². The van der Waals surface area contributed by atoms with Gasteiger partial charge in [0.2, 0.25) is 0 Å². The number of hydrogen-bond donors (Lipinski definition) is 1. The van der Waals surface area contributed by atoms with E-state index in [1.165, 1.54) is 37.7 Å². The van der Waals surface area contributed by atoms with Crippen LogP contribution >= 0.6 is 0 Å². The molecule has 1 saturated heterocycles. The molecule has 19 heavy (non-hydrogen) atoms. The average molecular weight is 265 g/mol. The minimum Gasteiger partial charge on any atom is -0.378 e. The van der Waals surface area contributed by atoms with Crippen LogP contribution in [0.4, 0.5) is 0 Å². The van der Waals surface area contributed by atoms with E-state index in [0.29, 0.717) is 12.1 Å². The van der Waals surface area contributed by atoms with E-state index in [0.717, 1.165) is 18.8 Å². The summed E-state index contributed by atoms with van der Waals surface area (Å²) < 4.78 is 7.60. The van der Waals surface area contributed by atoms with Gasteiger partial charge in [-0.05, 0) is 45.6 Å². The lowest BCUT2D eigenvalue weighted by molar-refractivity contribution is 0.101. The Bertz CT molecular complexity index is 383. The van der Waals surface area contributed by atoms with Crippen LogP contribution in [0.15, 0.2) is 6.20 Å². The van der Waals surface area contributed by atoms with Crippen molar-refractivity contribution in [2.45, 2.75) is 58.1 Å². The van der Waals surface area contributed by atoms with Gasteiger partial charge in [0.1, 0.15) is 0 Å². The second kappa shape index (κ2) is 7.06. The monoisotopic (exact) mass is 265 g/mol. The summed E-state index contributed by atoms with van der Waals surface area (Å²) in [5.74, 6) is 0. The zero-order valence-corrected chi connectivity index (χ0v) is 12.5. The van der Waals surface area contributed by atoms with Crippen molar-refractivity contribution < 1.29 is 4.74 Å². The number of nitrogens with one attached hydrogen (secondary N) is 1. The first kappa shape index (κ1) is 14.5. The second-order valence-corrected chi connectivity index (χ2v) is 5.52. The van der Waals surface area contributed by atoms with Gasteiger partial charge in [-0.25, -0.2) is 0 Å². The molecule has 2 atom stereocenters. The summed E-state index contributed by atoms with van der Waals surface area (Å²) in [6.45, 7) is 6.22. The summed E-state index contributed by atoms with van der Waals surface area (Å²) in [4.78, 5) is 0. The first-order valence-corrected chi connectivity index (χ1v) is 7.55. The third-order valence-electron chi connectivity index (χ3n) is 3.92. The molecular formula is C15H27N3O. The molecule has 0 aromatic carbocycles. The zero-order valence-electron chi connectivity index (χ0n) is 12.5. The van der Waals surface area contributed by atoms with Gasteiger partial charge in [-0.1, -0.05) is 6.92 Å². The third-order valence-corrected chi connectivity index (χ3v) is 3.92. The zero-order chi connectivity index (χ0) is 13.7. The molecule has 2 unspecified atom stereocenters. The normalized spacial score (nSPS) is 20.9. The molecule has 1 aromatic rings. The molecule has 0 radical (unpaired) electrons. The summed E-state index contributed by atoms with van der Waals surface area (Å²) in [7, 11) is 1.99. The highest BCUT2D eigenvalue weighted by atomic mass is 16.5. The quantitative estimate of drug-likeness (QED) is 0.824. The molecule has 108 valence electrons. The van der Waals surface area contributed by atoms with Gasteiger partial charge in [-0.3, -0.25) is 4.68 Å². The number of aromatic nitrogens is 2. The highest BCUT2D eigenvalue weighted by Gasteiger charge is 2.18. The molecule has 0 aliphatic carbocycles. The molecule has 4 nitrogen and oxygen atoms in total. The van der Waals surface area contributed by atoms with Gasteiger partial charge in [-0.2, -0.15) is 5.10 Å². The maximum atomic E-state index is 5.69. The average Bonchev–Trinajstić information content (AvgIpc) is 2.98. The summed E-state index contributed by atoms with van der Waals surface area (Å²) in [6.07, 6.45) is 8.73. The first-order chi connectivity index (χ1) is 9.20. The summed E-state index contributed by atoms with van der Waals surface area (Å²) in [5, 5.41) is 8.04. The molecule has 4 heteroatoms. The van der Waals surface area contributed by atoms with Crippen LogP contribution in [0, 0.1) is 6.92 Å². The highest BCUT2D eigenvalue weighted by molar-refractivity contribution is 5.19. The van der Waals surface area contributed by atoms with Crippen LogP contribution in [0.5, 0.6) is 0 Å². The van der Waals surface area contributed by atoms with Crippen molar-refractivity contribution in [1.82, 2.24) is 15.1 Å². The van der Waals surface area contributed by atoms with Gasteiger partial charge in [0.15, 0.2) is 0 Å². The molecule has 1 N–H and O–H groups in total. The summed E-state index contributed by atoms with van der Waals surface area (Å²) in [6, 6.07) is 0.431. The smallest absolute Gasteiger partial charge is 0.0641 e. The summed E-state index contributed by atoms with van der Waals surface area (Å²) in [5.41, 5.74) is 2.49. The molecule has 2 heterocycles. The Balaban J connectivity index is 1.86. The van der Waals surface area contributed by atoms with Crippen LogP contribution in [-0.4, -0.2) is 29.0 Å². The van der Waals surface area contributed by atoms with Crippen LogP contribution in [0.25, 0.3) is 0 Å². The molecule has 0 amide bonds. The van der Waals surface area contributed by atoms with Gasteiger partial charge in [-0.15, -0.1) is 0 Å². The van der Waals surface area contributed by atoms with E-state index in [1.807, 2.05) is 11.7 Å². The van der Waals surface area contributed by atoms with Crippen LogP contribution in [0.3, 0.4) is 0 Å². The maximum absolute atomic E-state index is 5.69. The fraction of sp³-hybridized carbons (Fsp3) is 0.800. The van der Waals surface area contributed by atoms with E-state index in [-0.39, 0.29) is 0 Å². The minimum atomic E-state index is 0.431. The van der Waals surface area contributed by atoms with Crippen molar-refractivity contribution in [3.63, 3.8) is 0 Å². The molecule has 1 aliphatic rings. The third kappa shape index (κ3) is 4.05. The van der Waals surface area contributed by atoms with E-state index >= 15 is 0 Å². The van der Waals surface area contributed by atoms with E-state index in [2.05, 4.69) is 30.5 Å². The predicted molar refractivity (Wildman–Crippen MR) is 77.2 cm³/mol. The van der Waals surface area contributed by atoms with Crippen molar-refractivity contribution in [2.75, 3.05) is 13.2 Å². The van der Waals surface area contributed by atoms with Crippen molar-refractivity contribution in [2.24, 2.45) is 7.05 Å². The number of ether oxygens (including phenoxy) is 1. The molecular weight excluding hydrogens is 238 g/mol. The Morgan fingerprint density at radius 2 is 2.42 bits per heavy atom. The van der Waals surface area contributed by atoms with E-state index in [4.69, 9.17) is 4.74 Å². The molecule has 1 fully saturated rings. The lowest BCUT2D eigenvalue weighted by atomic mass is 10.00. The first-order valence-electron chi connectivity index (χ1n) is 7.55. The van der Waals surface area contributed by atoms with Gasteiger partial charge < -0.3 is 10.1 Å². The van der Waals surface area contributed by atoms with Gasteiger partial charge in [0.05, 0.1) is 11.8 Å². The largest absolute Gasteiger partial charge is 0.378 e. The van der Waals surface area contributed by atoms with E-state index in [9.17, 15) is 0 Å². The molecule has 2 rings (SSSR count). The topological polar surface area (TPSA) is 39.1 Å². The molecule has 0 spiro atoms. The Kier molecular flexibility index (Phi) is 5.40. The van der Waals surface area contributed by atoms with Gasteiger partial charge in [0, 0.05) is 31.5 Å². The maximum Gasteiger partial charge on any atom is 0.0641 e. The lowest BCUT2D eigenvalue weighted by Gasteiger charge is -2.18. The Morgan fingerprint density at radius 1 is 1.58 bits per heavy atom. The Labute approximate surface area is 116 Å².